The SMILES string of the molecule is COC(=O)c1csc(C2CCCCCC2)n1. The summed E-state index contributed by atoms with van der Waals surface area (Å²) in [5.41, 5.74) is 0.465. The van der Waals surface area contributed by atoms with Crippen molar-refractivity contribution < 1.29 is 9.53 Å². The third-order valence-corrected chi connectivity index (χ3v) is 4.13. The minimum Gasteiger partial charge on any atom is -0.464 e. The van der Waals surface area contributed by atoms with E-state index in [1.165, 1.54) is 45.6 Å². The van der Waals surface area contributed by atoms with Gasteiger partial charge in [0, 0.05) is 11.3 Å². The zero-order valence-electron chi connectivity index (χ0n) is 9.57. The lowest BCUT2D eigenvalue weighted by Gasteiger charge is -2.09. The highest BCUT2D eigenvalue weighted by atomic mass is 32.1. The lowest BCUT2D eigenvalue weighted by molar-refractivity contribution is 0.0594. The molecule has 1 aromatic rings. The first-order valence-electron chi connectivity index (χ1n) is 5.85. The Balaban J connectivity index is 2.08. The highest BCUT2D eigenvalue weighted by Gasteiger charge is 2.19. The number of hydrogen-bond acceptors (Lipinski definition) is 4. The molecular formula is C12H17NO2S. The van der Waals surface area contributed by atoms with Crippen molar-refractivity contribution in [3.63, 3.8) is 0 Å². The van der Waals surface area contributed by atoms with Gasteiger partial charge in [-0.25, -0.2) is 9.78 Å². The van der Waals surface area contributed by atoms with Crippen molar-refractivity contribution in [2.45, 2.75) is 44.4 Å². The fraction of sp³-hybridized carbons (Fsp3) is 0.667. The van der Waals surface area contributed by atoms with Crippen molar-refractivity contribution in [1.29, 1.82) is 0 Å². The summed E-state index contributed by atoms with van der Waals surface area (Å²) >= 11 is 1.60. The molecule has 0 amide bonds. The maximum absolute atomic E-state index is 11.3. The van der Waals surface area contributed by atoms with Crippen LogP contribution in [-0.4, -0.2) is 18.1 Å². The lowest BCUT2D eigenvalue weighted by Crippen LogP contribution is -2.03. The number of rotatable bonds is 2. The zero-order valence-corrected chi connectivity index (χ0v) is 10.4. The number of esters is 1. The highest BCUT2D eigenvalue weighted by molar-refractivity contribution is 7.09. The maximum Gasteiger partial charge on any atom is 0.357 e. The van der Waals surface area contributed by atoms with Gasteiger partial charge in [-0.2, -0.15) is 0 Å². The summed E-state index contributed by atoms with van der Waals surface area (Å²) in [6.45, 7) is 0. The van der Waals surface area contributed by atoms with Gasteiger partial charge in [-0.1, -0.05) is 25.7 Å². The van der Waals surface area contributed by atoms with Gasteiger partial charge in [0.2, 0.25) is 0 Å². The predicted octanol–water partition coefficient (Wildman–Crippen LogP) is 3.37. The number of ether oxygens (including phenoxy) is 1. The van der Waals surface area contributed by atoms with Gasteiger partial charge in [0.05, 0.1) is 12.1 Å². The molecule has 0 spiro atoms. The van der Waals surface area contributed by atoms with Crippen LogP contribution in [0.1, 0.15) is 59.9 Å². The quantitative estimate of drug-likeness (QED) is 0.586. The summed E-state index contributed by atoms with van der Waals surface area (Å²) in [5.74, 6) is 0.238. The molecule has 0 aromatic carbocycles. The van der Waals surface area contributed by atoms with Crippen molar-refractivity contribution in [1.82, 2.24) is 4.98 Å². The lowest BCUT2D eigenvalue weighted by atomic mass is 10.0. The van der Waals surface area contributed by atoms with E-state index in [1.807, 2.05) is 5.38 Å². The van der Waals surface area contributed by atoms with E-state index in [0.717, 1.165) is 5.01 Å². The molecule has 1 fully saturated rings. The Morgan fingerprint density at radius 3 is 2.69 bits per heavy atom. The molecule has 0 saturated heterocycles. The van der Waals surface area contributed by atoms with Crippen LogP contribution in [0, 0.1) is 0 Å². The van der Waals surface area contributed by atoms with E-state index in [9.17, 15) is 4.79 Å². The van der Waals surface area contributed by atoms with E-state index in [2.05, 4.69) is 9.72 Å². The average Bonchev–Trinajstić information content (AvgIpc) is 2.64. The Hall–Kier alpha value is -0.900. The fourth-order valence-electron chi connectivity index (χ4n) is 2.20. The van der Waals surface area contributed by atoms with E-state index in [4.69, 9.17) is 0 Å². The maximum atomic E-state index is 11.3. The Morgan fingerprint density at radius 2 is 2.06 bits per heavy atom. The molecule has 0 radical (unpaired) electrons. The van der Waals surface area contributed by atoms with Gasteiger partial charge in [-0.05, 0) is 12.8 Å². The summed E-state index contributed by atoms with van der Waals surface area (Å²) in [6, 6.07) is 0. The first-order chi connectivity index (χ1) is 7.81. The summed E-state index contributed by atoms with van der Waals surface area (Å²) in [4.78, 5) is 15.7. The molecule has 1 aliphatic carbocycles. The second-order valence-corrected chi connectivity index (χ2v) is 5.14. The molecule has 0 aliphatic heterocycles. The van der Waals surface area contributed by atoms with Crippen LogP contribution in [0.15, 0.2) is 5.38 Å². The fourth-order valence-corrected chi connectivity index (χ4v) is 3.16. The van der Waals surface area contributed by atoms with Gasteiger partial charge in [-0.15, -0.1) is 11.3 Å². The van der Waals surface area contributed by atoms with Gasteiger partial charge in [0.15, 0.2) is 5.69 Å². The summed E-state index contributed by atoms with van der Waals surface area (Å²) in [5, 5.41) is 2.92. The molecule has 3 nitrogen and oxygen atoms in total. The molecule has 1 saturated carbocycles. The predicted molar refractivity (Wildman–Crippen MR) is 63.9 cm³/mol. The standard InChI is InChI=1S/C12H17NO2S/c1-15-12(14)10-8-16-11(13-10)9-6-4-2-3-5-7-9/h8-9H,2-7H2,1H3. The monoisotopic (exact) mass is 239 g/mol. The van der Waals surface area contributed by atoms with E-state index < -0.39 is 0 Å². The molecule has 2 rings (SSSR count). The average molecular weight is 239 g/mol. The minimum atomic E-state index is -0.323. The molecule has 0 N–H and O–H groups in total. The number of carbonyl (C=O) groups is 1. The Bertz CT molecular complexity index is 354. The molecule has 0 unspecified atom stereocenters. The molecule has 16 heavy (non-hydrogen) atoms. The smallest absolute Gasteiger partial charge is 0.357 e. The van der Waals surface area contributed by atoms with E-state index in [-0.39, 0.29) is 5.97 Å². The van der Waals surface area contributed by atoms with Crippen molar-refractivity contribution in [3.8, 4) is 0 Å². The van der Waals surface area contributed by atoms with Crippen LogP contribution < -0.4 is 0 Å². The number of aromatic nitrogens is 1. The third kappa shape index (κ3) is 2.61. The number of carbonyl (C=O) groups excluding carboxylic acids is 1. The van der Waals surface area contributed by atoms with Crippen LogP contribution >= 0.6 is 11.3 Å². The van der Waals surface area contributed by atoms with Crippen LogP contribution in [0.2, 0.25) is 0 Å². The van der Waals surface area contributed by atoms with Crippen LogP contribution in [-0.2, 0) is 4.74 Å². The summed E-state index contributed by atoms with van der Waals surface area (Å²) in [6.07, 6.45) is 7.69. The molecule has 1 heterocycles. The van der Waals surface area contributed by atoms with Crippen LogP contribution in [0.5, 0.6) is 0 Å². The number of hydrogen-bond donors (Lipinski definition) is 0. The summed E-state index contributed by atoms with van der Waals surface area (Å²) < 4.78 is 4.67. The Labute approximate surface area is 99.8 Å². The van der Waals surface area contributed by atoms with Crippen LogP contribution in [0.4, 0.5) is 0 Å². The molecule has 1 aliphatic rings. The topological polar surface area (TPSA) is 39.2 Å². The number of nitrogens with zero attached hydrogens (tertiary/aromatic N) is 1. The molecular weight excluding hydrogens is 222 g/mol. The van der Waals surface area contributed by atoms with Gasteiger partial charge < -0.3 is 4.74 Å². The van der Waals surface area contributed by atoms with Crippen molar-refractivity contribution in [3.05, 3.63) is 16.1 Å². The van der Waals surface area contributed by atoms with Crippen LogP contribution in [0.3, 0.4) is 0 Å². The molecule has 0 atom stereocenters. The Kier molecular flexibility index (Phi) is 3.93. The van der Waals surface area contributed by atoms with E-state index in [1.54, 1.807) is 11.3 Å². The minimum absolute atomic E-state index is 0.323. The molecule has 1 aromatic heterocycles. The normalized spacial score (nSPS) is 18.1. The molecule has 0 bridgehead atoms. The van der Waals surface area contributed by atoms with Crippen molar-refractivity contribution in [2.24, 2.45) is 0 Å². The second-order valence-electron chi connectivity index (χ2n) is 4.25. The number of thiazole rings is 1. The van der Waals surface area contributed by atoms with Crippen molar-refractivity contribution in [2.75, 3.05) is 7.11 Å². The Morgan fingerprint density at radius 1 is 1.38 bits per heavy atom. The zero-order chi connectivity index (χ0) is 11.4. The first-order valence-corrected chi connectivity index (χ1v) is 6.73. The second kappa shape index (κ2) is 5.43. The van der Waals surface area contributed by atoms with Gasteiger partial charge in [0.1, 0.15) is 0 Å². The van der Waals surface area contributed by atoms with Crippen molar-refractivity contribution >= 4 is 17.3 Å². The van der Waals surface area contributed by atoms with Gasteiger partial charge in [0.25, 0.3) is 0 Å². The van der Waals surface area contributed by atoms with E-state index in [0.29, 0.717) is 11.6 Å². The van der Waals surface area contributed by atoms with E-state index >= 15 is 0 Å². The van der Waals surface area contributed by atoms with Gasteiger partial charge >= 0.3 is 5.97 Å². The third-order valence-electron chi connectivity index (χ3n) is 3.12. The molecule has 88 valence electrons. The highest BCUT2D eigenvalue weighted by Crippen LogP contribution is 2.33. The molecule has 4 heteroatoms. The summed E-state index contributed by atoms with van der Waals surface area (Å²) in [7, 11) is 1.40. The van der Waals surface area contributed by atoms with Gasteiger partial charge in [-0.3, -0.25) is 0 Å². The van der Waals surface area contributed by atoms with Crippen LogP contribution in [0.25, 0.3) is 0 Å². The first kappa shape index (κ1) is 11.6. The number of methoxy groups -OCH3 is 1. The largest absolute Gasteiger partial charge is 0.464 e.